The highest BCUT2D eigenvalue weighted by Crippen LogP contribution is 2.41. The number of hydrogen-bond acceptors (Lipinski definition) is 1. The van der Waals surface area contributed by atoms with Gasteiger partial charge in [-0.15, -0.1) is 0 Å². The molecule has 1 aromatic carbocycles. The monoisotopic (exact) mass is 301 g/mol. The Morgan fingerprint density at radius 2 is 1.88 bits per heavy atom. The molecule has 92 valence electrons. The van der Waals surface area contributed by atoms with Crippen LogP contribution in [0.4, 0.5) is 8.78 Å². The molecule has 1 nitrogen and oxygen atoms in total. The van der Waals surface area contributed by atoms with Crippen molar-refractivity contribution in [3.8, 4) is 0 Å². The van der Waals surface area contributed by atoms with Crippen LogP contribution < -0.4 is 5.32 Å². The molecule has 4 heteroatoms. The molecule has 0 aliphatic carbocycles. The summed E-state index contributed by atoms with van der Waals surface area (Å²) in [4.78, 5) is 0. The zero-order chi connectivity index (χ0) is 12.0. The number of halogens is 3. The number of nitrogens with one attached hydrogen (secondary N) is 1. The fourth-order valence-electron chi connectivity index (χ4n) is 3.19. The van der Waals surface area contributed by atoms with Crippen molar-refractivity contribution in [2.75, 3.05) is 0 Å². The van der Waals surface area contributed by atoms with E-state index in [1.165, 1.54) is 12.1 Å². The van der Waals surface area contributed by atoms with Crippen LogP contribution in [0, 0.1) is 11.6 Å². The van der Waals surface area contributed by atoms with E-state index in [1.54, 1.807) is 0 Å². The molecule has 0 saturated carbocycles. The normalized spacial score (nSPS) is 31.1. The van der Waals surface area contributed by atoms with E-state index in [4.69, 9.17) is 0 Å². The molecule has 17 heavy (non-hydrogen) atoms. The van der Waals surface area contributed by atoms with Gasteiger partial charge in [0.15, 0.2) is 0 Å². The topological polar surface area (TPSA) is 12.0 Å². The third-order valence-corrected chi connectivity index (χ3v) is 4.96. The smallest absolute Gasteiger partial charge is 0.137 e. The van der Waals surface area contributed by atoms with Gasteiger partial charge in [0.05, 0.1) is 4.47 Å². The van der Waals surface area contributed by atoms with Gasteiger partial charge in [-0.1, -0.05) is 0 Å². The molecular weight excluding hydrogens is 288 g/mol. The Morgan fingerprint density at radius 3 is 2.47 bits per heavy atom. The molecule has 0 radical (unpaired) electrons. The fourth-order valence-corrected chi connectivity index (χ4v) is 3.65. The van der Waals surface area contributed by atoms with Gasteiger partial charge in [0.1, 0.15) is 11.6 Å². The van der Waals surface area contributed by atoms with Crippen LogP contribution in [0.15, 0.2) is 16.6 Å². The summed E-state index contributed by atoms with van der Waals surface area (Å²) in [5.74, 6) is -0.699. The van der Waals surface area contributed by atoms with E-state index in [2.05, 4.69) is 21.2 Å². The zero-order valence-electron chi connectivity index (χ0n) is 9.40. The van der Waals surface area contributed by atoms with Crippen LogP contribution in [0.2, 0.25) is 0 Å². The summed E-state index contributed by atoms with van der Waals surface area (Å²) in [6.45, 7) is 0. The molecule has 0 unspecified atom stereocenters. The van der Waals surface area contributed by atoms with Gasteiger partial charge in [-0.3, -0.25) is 0 Å². The summed E-state index contributed by atoms with van der Waals surface area (Å²) in [6.07, 6.45) is 5.04. The Kier molecular flexibility index (Phi) is 2.75. The van der Waals surface area contributed by atoms with Crippen LogP contribution in [0.5, 0.6) is 0 Å². The van der Waals surface area contributed by atoms with Gasteiger partial charge in [-0.2, -0.15) is 0 Å². The molecule has 0 amide bonds. The molecule has 2 heterocycles. The number of fused-ring (bicyclic) bond motifs is 2. The molecule has 0 spiro atoms. The van der Waals surface area contributed by atoms with Crippen LogP contribution in [0.3, 0.4) is 0 Å². The molecule has 0 atom stereocenters. The van der Waals surface area contributed by atoms with Gasteiger partial charge in [-0.05, 0) is 60.2 Å². The summed E-state index contributed by atoms with van der Waals surface area (Å²) in [5, 5.41) is 3.55. The Balaban J connectivity index is 1.93. The Labute approximate surface area is 108 Å². The van der Waals surface area contributed by atoms with Crippen LogP contribution in [0.1, 0.15) is 31.2 Å². The number of hydrogen-bond donors (Lipinski definition) is 1. The summed E-state index contributed by atoms with van der Waals surface area (Å²) in [7, 11) is 0. The highest BCUT2D eigenvalue weighted by Gasteiger charge is 2.44. The predicted octanol–water partition coefficient (Wildman–Crippen LogP) is 3.55. The third-order valence-electron chi connectivity index (χ3n) is 4.11. The lowest BCUT2D eigenvalue weighted by atomic mass is 9.83. The maximum absolute atomic E-state index is 13.8. The first-order chi connectivity index (χ1) is 8.10. The SMILES string of the molecule is Fc1ccc(F)c(CC23CCC(CC2)N3)c1Br. The predicted molar refractivity (Wildman–Crippen MR) is 65.9 cm³/mol. The average Bonchev–Trinajstić information content (AvgIpc) is 2.90. The second kappa shape index (κ2) is 4.02. The molecular formula is C13H14BrF2N. The standard InChI is InChI=1S/C13H14BrF2N/c14-12-9(10(15)1-2-11(12)16)7-13-5-3-8(17-13)4-6-13/h1-2,8,17H,3-7H2. The Bertz CT molecular complexity index is 453. The second-order valence-electron chi connectivity index (χ2n) is 5.20. The van der Waals surface area contributed by atoms with Crippen molar-refractivity contribution in [2.24, 2.45) is 0 Å². The van der Waals surface area contributed by atoms with E-state index in [1.807, 2.05) is 0 Å². The summed E-state index contributed by atoms with van der Waals surface area (Å²) in [5.41, 5.74) is 0.474. The van der Waals surface area contributed by atoms with E-state index >= 15 is 0 Å². The lowest BCUT2D eigenvalue weighted by Gasteiger charge is -2.27. The van der Waals surface area contributed by atoms with E-state index in [-0.39, 0.29) is 21.6 Å². The van der Waals surface area contributed by atoms with Gasteiger partial charge in [0, 0.05) is 17.1 Å². The summed E-state index contributed by atoms with van der Waals surface area (Å²) >= 11 is 3.16. The van der Waals surface area contributed by atoms with Crippen LogP contribution >= 0.6 is 15.9 Å². The van der Waals surface area contributed by atoms with E-state index in [0.29, 0.717) is 18.0 Å². The van der Waals surface area contributed by atoms with Gasteiger partial charge in [0.2, 0.25) is 0 Å². The number of rotatable bonds is 2. The average molecular weight is 302 g/mol. The minimum Gasteiger partial charge on any atom is -0.308 e. The molecule has 1 aromatic rings. The molecule has 2 saturated heterocycles. The quantitative estimate of drug-likeness (QED) is 0.824. The minimum absolute atomic E-state index is 0.00181. The molecule has 2 aliphatic heterocycles. The van der Waals surface area contributed by atoms with Gasteiger partial charge in [0.25, 0.3) is 0 Å². The summed E-state index contributed by atoms with van der Waals surface area (Å²) in [6, 6.07) is 2.97. The van der Waals surface area contributed by atoms with Gasteiger partial charge in [-0.25, -0.2) is 8.78 Å². The maximum atomic E-state index is 13.8. The van der Waals surface area contributed by atoms with Crippen LogP contribution in [-0.4, -0.2) is 11.6 Å². The lowest BCUT2D eigenvalue weighted by Crippen LogP contribution is -2.38. The first-order valence-corrected chi connectivity index (χ1v) is 6.79. The Hall–Kier alpha value is -0.480. The van der Waals surface area contributed by atoms with Crippen LogP contribution in [-0.2, 0) is 6.42 Å². The van der Waals surface area contributed by atoms with Crippen molar-refractivity contribution in [1.29, 1.82) is 0 Å². The molecule has 1 N–H and O–H groups in total. The van der Waals surface area contributed by atoms with E-state index < -0.39 is 0 Å². The van der Waals surface area contributed by atoms with Crippen molar-refractivity contribution in [2.45, 2.75) is 43.7 Å². The van der Waals surface area contributed by atoms with Crippen molar-refractivity contribution in [1.82, 2.24) is 5.32 Å². The minimum atomic E-state index is -0.384. The highest BCUT2D eigenvalue weighted by atomic mass is 79.9. The van der Waals surface area contributed by atoms with Gasteiger partial charge >= 0.3 is 0 Å². The van der Waals surface area contributed by atoms with Crippen LogP contribution in [0.25, 0.3) is 0 Å². The molecule has 3 rings (SSSR count). The van der Waals surface area contributed by atoms with E-state index in [9.17, 15) is 8.78 Å². The van der Waals surface area contributed by atoms with Crippen molar-refractivity contribution in [3.05, 3.63) is 33.8 Å². The Morgan fingerprint density at radius 1 is 1.24 bits per heavy atom. The highest BCUT2D eigenvalue weighted by molar-refractivity contribution is 9.10. The lowest BCUT2D eigenvalue weighted by molar-refractivity contribution is 0.375. The molecule has 0 aromatic heterocycles. The van der Waals surface area contributed by atoms with Crippen molar-refractivity contribution >= 4 is 15.9 Å². The van der Waals surface area contributed by atoms with Gasteiger partial charge < -0.3 is 5.32 Å². The van der Waals surface area contributed by atoms with Crippen molar-refractivity contribution in [3.63, 3.8) is 0 Å². The summed E-state index contributed by atoms with van der Waals surface area (Å²) < 4.78 is 27.5. The molecule has 2 fully saturated rings. The van der Waals surface area contributed by atoms with Crippen molar-refractivity contribution < 1.29 is 8.78 Å². The third kappa shape index (κ3) is 1.91. The molecule has 2 bridgehead atoms. The second-order valence-corrected chi connectivity index (χ2v) is 5.99. The molecule has 2 aliphatic rings. The van der Waals surface area contributed by atoms with E-state index in [0.717, 1.165) is 25.7 Å². The maximum Gasteiger partial charge on any atom is 0.137 e. The fraction of sp³-hybridized carbons (Fsp3) is 0.538. The first-order valence-electron chi connectivity index (χ1n) is 6.00. The largest absolute Gasteiger partial charge is 0.308 e. The zero-order valence-corrected chi connectivity index (χ0v) is 11.0. The first kappa shape index (κ1) is 11.6. The number of benzene rings is 1.